The molecule has 2 saturated carbocycles. The van der Waals surface area contributed by atoms with Gasteiger partial charge in [-0.3, -0.25) is 9.59 Å². The lowest BCUT2D eigenvalue weighted by Crippen LogP contribution is -2.58. The number of aryl methyl sites for hydroxylation is 1. The molecule has 2 unspecified atom stereocenters. The van der Waals surface area contributed by atoms with Gasteiger partial charge in [-0.25, -0.2) is 4.79 Å². The average Bonchev–Trinajstić information content (AvgIpc) is 2.87. The lowest BCUT2D eigenvalue weighted by molar-refractivity contribution is -0.147. The molecule has 2 fully saturated rings. The van der Waals surface area contributed by atoms with Crippen molar-refractivity contribution in [3.8, 4) is 0 Å². The van der Waals surface area contributed by atoms with Crippen molar-refractivity contribution >= 4 is 17.9 Å². The van der Waals surface area contributed by atoms with Crippen molar-refractivity contribution in [2.24, 2.45) is 0 Å². The van der Waals surface area contributed by atoms with Crippen LogP contribution < -0.4 is 10.6 Å². The Balaban J connectivity index is 1.69. The van der Waals surface area contributed by atoms with E-state index in [1.54, 1.807) is 25.7 Å². The molecule has 40 heavy (non-hydrogen) atoms. The Kier molecular flexibility index (Phi) is 9.88. The van der Waals surface area contributed by atoms with Crippen molar-refractivity contribution in [2.45, 2.75) is 115 Å². The molecular weight excluding hydrogens is 502 g/mol. The number of ether oxygens (including phenoxy) is 1. The van der Waals surface area contributed by atoms with Crippen LogP contribution in [0.25, 0.3) is 0 Å². The number of nitrogens with one attached hydrogen (secondary N) is 2. The number of amides is 3. The molecule has 2 aromatic carbocycles. The van der Waals surface area contributed by atoms with Gasteiger partial charge in [-0.2, -0.15) is 0 Å². The molecule has 0 heterocycles. The third-order valence-electron chi connectivity index (χ3n) is 7.87. The van der Waals surface area contributed by atoms with E-state index in [9.17, 15) is 14.4 Å². The summed E-state index contributed by atoms with van der Waals surface area (Å²) in [5.74, 6) is -0.407. The standard InChI is InChI=1S/C33H45N3O4/c1-23-18-20-25(21-19-23)29(30(37)34-26-14-9-6-10-15-26)36(27-16-11-17-27)31(38)28(22-24-12-7-5-8-13-24)35-32(39)40-33(2,3)4/h5,7-8,12-13,18-21,26-29H,6,9-11,14-17,22H2,1-4H3,(H,34,37)(H,35,39). The van der Waals surface area contributed by atoms with Gasteiger partial charge in [0, 0.05) is 18.5 Å². The second-order valence-corrected chi connectivity index (χ2v) is 12.4. The average molecular weight is 548 g/mol. The minimum atomic E-state index is -0.881. The van der Waals surface area contributed by atoms with E-state index in [0.29, 0.717) is 6.42 Å². The van der Waals surface area contributed by atoms with E-state index in [2.05, 4.69) is 10.6 Å². The second-order valence-electron chi connectivity index (χ2n) is 12.4. The minimum Gasteiger partial charge on any atom is -0.444 e. The van der Waals surface area contributed by atoms with Gasteiger partial charge in [0.2, 0.25) is 11.8 Å². The van der Waals surface area contributed by atoms with Gasteiger partial charge in [-0.1, -0.05) is 79.4 Å². The zero-order valence-corrected chi connectivity index (χ0v) is 24.4. The summed E-state index contributed by atoms with van der Waals surface area (Å²) in [5.41, 5.74) is 2.09. The summed E-state index contributed by atoms with van der Waals surface area (Å²) in [4.78, 5) is 43.3. The molecule has 4 rings (SSSR count). The van der Waals surface area contributed by atoms with E-state index in [4.69, 9.17) is 4.74 Å². The van der Waals surface area contributed by atoms with E-state index < -0.39 is 23.8 Å². The topological polar surface area (TPSA) is 87.7 Å². The zero-order valence-electron chi connectivity index (χ0n) is 24.4. The summed E-state index contributed by atoms with van der Waals surface area (Å²) in [5, 5.41) is 6.14. The van der Waals surface area contributed by atoms with Crippen LogP contribution in [0.3, 0.4) is 0 Å². The van der Waals surface area contributed by atoms with Gasteiger partial charge in [0.05, 0.1) is 0 Å². The van der Waals surface area contributed by atoms with Gasteiger partial charge < -0.3 is 20.3 Å². The maximum Gasteiger partial charge on any atom is 0.408 e. The van der Waals surface area contributed by atoms with Crippen LogP contribution in [0.5, 0.6) is 0 Å². The largest absolute Gasteiger partial charge is 0.444 e. The number of carbonyl (C=O) groups is 3. The molecule has 7 nitrogen and oxygen atoms in total. The normalized spacial score (nSPS) is 17.7. The molecule has 0 spiro atoms. The molecule has 0 aromatic heterocycles. The summed E-state index contributed by atoms with van der Waals surface area (Å²) in [6.07, 6.45) is 7.63. The fraction of sp³-hybridized carbons (Fsp3) is 0.545. The molecule has 216 valence electrons. The van der Waals surface area contributed by atoms with Crippen molar-refractivity contribution in [3.05, 3.63) is 71.3 Å². The Morgan fingerprint density at radius 2 is 1.55 bits per heavy atom. The molecule has 0 bridgehead atoms. The summed E-state index contributed by atoms with van der Waals surface area (Å²) in [6.45, 7) is 7.40. The number of hydrogen-bond acceptors (Lipinski definition) is 4. The summed E-state index contributed by atoms with van der Waals surface area (Å²) < 4.78 is 5.54. The van der Waals surface area contributed by atoms with E-state index >= 15 is 0 Å². The van der Waals surface area contributed by atoms with Crippen LogP contribution in [0.1, 0.15) is 94.9 Å². The van der Waals surface area contributed by atoms with Gasteiger partial charge in [0.1, 0.15) is 17.7 Å². The van der Waals surface area contributed by atoms with Crippen LogP contribution in [0.15, 0.2) is 54.6 Å². The maximum atomic E-state index is 14.5. The minimum absolute atomic E-state index is 0.0744. The molecule has 0 radical (unpaired) electrons. The van der Waals surface area contributed by atoms with Crippen molar-refractivity contribution in [1.29, 1.82) is 0 Å². The summed E-state index contributed by atoms with van der Waals surface area (Å²) >= 11 is 0. The van der Waals surface area contributed by atoms with Crippen molar-refractivity contribution < 1.29 is 19.1 Å². The molecule has 2 aromatic rings. The first-order valence-corrected chi connectivity index (χ1v) is 14.8. The predicted octanol–water partition coefficient (Wildman–Crippen LogP) is 6.00. The maximum absolute atomic E-state index is 14.5. The van der Waals surface area contributed by atoms with Gasteiger partial charge >= 0.3 is 6.09 Å². The van der Waals surface area contributed by atoms with Crippen molar-refractivity contribution in [3.63, 3.8) is 0 Å². The van der Waals surface area contributed by atoms with Crippen LogP contribution >= 0.6 is 0 Å². The van der Waals surface area contributed by atoms with Gasteiger partial charge in [0.25, 0.3) is 0 Å². The molecule has 2 N–H and O–H groups in total. The highest BCUT2D eigenvalue weighted by Crippen LogP contribution is 2.34. The first-order chi connectivity index (χ1) is 19.1. The second kappa shape index (κ2) is 13.3. The van der Waals surface area contributed by atoms with E-state index in [0.717, 1.165) is 61.6 Å². The monoisotopic (exact) mass is 547 g/mol. The Labute approximate surface area is 239 Å². The Morgan fingerprint density at radius 3 is 2.12 bits per heavy atom. The Hall–Kier alpha value is -3.35. The highest BCUT2D eigenvalue weighted by molar-refractivity contribution is 5.92. The molecule has 0 aliphatic heterocycles. The number of carbonyl (C=O) groups excluding carboxylic acids is 3. The third kappa shape index (κ3) is 8.09. The number of rotatable bonds is 9. The summed E-state index contributed by atoms with van der Waals surface area (Å²) in [7, 11) is 0. The first-order valence-electron chi connectivity index (χ1n) is 14.8. The number of benzene rings is 2. The highest BCUT2D eigenvalue weighted by Gasteiger charge is 2.42. The van der Waals surface area contributed by atoms with Crippen LogP contribution in [0.2, 0.25) is 0 Å². The fourth-order valence-electron chi connectivity index (χ4n) is 5.58. The zero-order chi connectivity index (χ0) is 28.7. The third-order valence-corrected chi connectivity index (χ3v) is 7.87. The van der Waals surface area contributed by atoms with E-state index in [1.165, 1.54) is 6.42 Å². The number of alkyl carbamates (subject to hydrolysis) is 1. The lowest BCUT2D eigenvalue weighted by Gasteiger charge is -2.44. The first kappa shape index (κ1) is 29.6. The van der Waals surface area contributed by atoms with E-state index in [1.807, 2.05) is 61.5 Å². The van der Waals surface area contributed by atoms with Gasteiger partial charge in [-0.15, -0.1) is 0 Å². The van der Waals surface area contributed by atoms with Crippen molar-refractivity contribution in [2.75, 3.05) is 0 Å². The molecular formula is C33H45N3O4. The number of nitrogens with zero attached hydrogens (tertiary/aromatic N) is 1. The molecule has 2 atom stereocenters. The van der Waals surface area contributed by atoms with Crippen LogP contribution in [0.4, 0.5) is 4.79 Å². The van der Waals surface area contributed by atoms with E-state index in [-0.39, 0.29) is 23.9 Å². The van der Waals surface area contributed by atoms with Gasteiger partial charge in [-0.05, 0) is 70.9 Å². The van der Waals surface area contributed by atoms with Crippen LogP contribution in [-0.2, 0) is 20.7 Å². The predicted molar refractivity (Wildman–Crippen MR) is 157 cm³/mol. The highest BCUT2D eigenvalue weighted by atomic mass is 16.6. The SMILES string of the molecule is Cc1ccc(C(C(=O)NC2CCCCC2)N(C(=O)C(Cc2ccccc2)NC(=O)OC(C)(C)C)C2CCC2)cc1. The van der Waals surface area contributed by atoms with Crippen molar-refractivity contribution in [1.82, 2.24) is 15.5 Å². The fourth-order valence-corrected chi connectivity index (χ4v) is 5.58. The number of hydrogen-bond donors (Lipinski definition) is 2. The molecule has 7 heteroatoms. The summed E-state index contributed by atoms with van der Waals surface area (Å²) in [6, 6.07) is 15.9. The van der Waals surface area contributed by atoms with Crippen LogP contribution in [0, 0.1) is 6.92 Å². The smallest absolute Gasteiger partial charge is 0.408 e. The molecule has 2 aliphatic rings. The molecule has 3 amide bonds. The quantitative estimate of drug-likeness (QED) is 0.403. The molecule has 2 aliphatic carbocycles. The molecule has 0 saturated heterocycles. The lowest BCUT2D eigenvalue weighted by atomic mass is 9.87. The van der Waals surface area contributed by atoms with Gasteiger partial charge in [0.15, 0.2) is 0 Å². The Bertz CT molecular complexity index is 1130. The van der Waals surface area contributed by atoms with Crippen LogP contribution in [-0.4, -0.2) is 46.5 Å². The Morgan fingerprint density at radius 1 is 0.900 bits per heavy atom.